The van der Waals surface area contributed by atoms with Crippen LogP contribution >= 0.6 is 0 Å². The van der Waals surface area contributed by atoms with Crippen LogP contribution in [0.4, 0.5) is 0 Å². The second-order valence-corrected chi connectivity index (χ2v) is 5.72. The molecule has 1 aliphatic heterocycles. The van der Waals surface area contributed by atoms with Gasteiger partial charge >= 0.3 is 0 Å². The zero-order chi connectivity index (χ0) is 19.4. The van der Waals surface area contributed by atoms with E-state index in [4.69, 9.17) is 23.7 Å². The van der Waals surface area contributed by atoms with Gasteiger partial charge in [0, 0.05) is 6.08 Å². The normalized spacial score (nSPS) is 12.6. The molecule has 0 unspecified atom stereocenters. The Kier molecular flexibility index (Phi) is 5.35. The van der Waals surface area contributed by atoms with E-state index in [1.165, 1.54) is 27.4 Å². The number of benzene rings is 2. The monoisotopic (exact) mass is 373 g/mol. The van der Waals surface area contributed by atoms with Crippen molar-refractivity contribution >= 4 is 6.08 Å². The molecule has 0 radical (unpaired) electrons. The molecule has 3 rings (SSSR count). The number of nitro groups is 1. The summed E-state index contributed by atoms with van der Waals surface area (Å²) in [4.78, 5) is 11.2. The lowest BCUT2D eigenvalue weighted by Gasteiger charge is -2.13. The van der Waals surface area contributed by atoms with Gasteiger partial charge in [0.15, 0.2) is 23.0 Å². The highest BCUT2D eigenvalue weighted by Crippen LogP contribution is 2.39. The van der Waals surface area contributed by atoms with Gasteiger partial charge in [0.05, 0.1) is 32.7 Å². The fourth-order valence-corrected chi connectivity index (χ4v) is 2.81. The van der Waals surface area contributed by atoms with Crippen molar-refractivity contribution in [1.29, 1.82) is 0 Å². The Labute approximate surface area is 156 Å². The van der Waals surface area contributed by atoms with E-state index in [0.717, 1.165) is 0 Å². The fraction of sp³-hybridized carbons (Fsp3) is 0.263. The summed E-state index contributed by atoms with van der Waals surface area (Å²) in [6.45, 7) is 0.149. The van der Waals surface area contributed by atoms with Gasteiger partial charge in [-0.25, -0.2) is 0 Å². The van der Waals surface area contributed by atoms with Crippen LogP contribution in [-0.4, -0.2) is 33.0 Å². The Hall–Kier alpha value is -3.42. The Morgan fingerprint density at radius 3 is 2.33 bits per heavy atom. The highest BCUT2D eigenvalue weighted by Gasteiger charge is 2.19. The molecule has 0 spiro atoms. The number of hydrogen-bond acceptors (Lipinski definition) is 7. The molecular weight excluding hydrogens is 354 g/mol. The third-order valence-electron chi connectivity index (χ3n) is 4.07. The maximum absolute atomic E-state index is 11.6. The molecule has 1 heterocycles. The third kappa shape index (κ3) is 3.89. The third-order valence-corrected chi connectivity index (χ3v) is 4.07. The van der Waals surface area contributed by atoms with Gasteiger partial charge in [0.25, 0.3) is 5.70 Å². The molecule has 0 bridgehead atoms. The van der Waals surface area contributed by atoms with Crippen molar-refractivity contribution in [3.05, 3.63) is 57.3 Å². The number of allylic oxidation sites excluding steroid dienone is 1. The van der Waals surface area contributed by atoms with Crippen LogP contribution in [0, 0.1) is 10.1 Å². The van der Waals surface area contributed by atoms with E-state index in [2.05, 4.69) is 0 Å². The van der Waals surface area contributed by atoms with Crippen molar-refractivity contribution in [3.63, 3.8) is 0 Å². The second-order valence-electron chi connectivity index (χ2n) is 5.72. The van der Waals surface area contributed by atoms with Crippen LogP contribution < -0.4 is 23.7 Å². The fourth-order valence-electron chi connectivity index (χ4n) is 2.81. The van der Waals surface area contributed by atoms with Crippen LogP contribution in [0.1, 0.15) is 11.1 Å². The Morgan fingerprint density at radius 1 is 1.07 bits per heavy atom. The minimum Gasteiger partial charge on any atom is -0.493 e. The van der Waals surface area contributed by atoms with E-state index in [1.807, 2.05) is 0 Å². The van der Waals surface area contributed by atoms with Gasteiger partial charge in [-0.1, -0.05) is 6.07 Å². The van der Waals surface area contributed by atoms with E-state index in [1.54, 1.807) is 30.3 Å². The van der Waals surface area contributed by atoms with Gasteiger partial charge < -0.3 is 23.7 Å². The number of ether oxygens (including phenoxy) is 5. The summed E-state index contributed by atoms with van der Waals surface area (Å²) in [7, 11) is 4.50. The number of fused-ring (bicyclic) bond motifs is 1. The SMILES string of the molecule is COc1cc(C/C(=C/c2ccc3c(c2)OCO3)[N+](=O)[O-])cc(OC)c1OC. The van der Waals surface area contributed by atoms with Crippen LogP contribution in [0.5, 0.6) is 28.7 Å². The lowest BCUT2D eigenvalue weighted by Crippen LogP contribution is -2.04. The molecule has 0 N–H and O–H groups in total. The van der Waals surface area contributed by atoms with E-state index in [9.17, 15) is 10.1 Å². The van der Waals surface area contributed by atoms with Crippen molar-refractivity contribution in [2.45, 2.75) is 6.42 Å². The van der Waals surface area contributed by atoms with Gasteiger partial charge in [-0.15, -0.1) is 0 Å². The number of rotatable bonds is 7. The minimum atomic E-state index is -0.409. The molecule has 0 atom stereocenters. The molecule has 0 aliphatic carbocycles. The molecule has 0 aromatic heterocycles. The van der Waals surface area contributed by atoms with Gasteiger partial charge in [-0.3, -0.25) is 10.1 Å². The second kappa shape index (κ2) is 7.86. The summed E-state index contributed by atoms with van der Waals surface area (Å²) in [6, 6.07) is 8.56. The molecule has 8 nitrogen and oxygen atoms in total. The minimum absolute atomic E-state index is 0.0168. The number of hydrogen-bond donors (Lipinski definition) is 0. The standard InChI is InChI=1S/C19H19NO7/c1-23-17-9-13(10-18(24-2)19(17)25-3)7-14(20(21)22)6-12-4-5-15-16(8-12)27-11-26-15/h4-6,8-10H,7,11H2,1-3H3/b14-6-. The van der Waals surface area contributed by atoms with Gasteiger partial charge in [-0.05, 0) is 35.4 Å². The average Bonchev–Trinajstić information content (AvgIpc) is 3.14. The average molecular weight is 373 g/mol. The van der Waals surface area contributed by atoms with E-state index in [-0.39, 0.29) is 18.9 Å². The lowest BCUT2D eigenvalue weighted by atomic mass is 10.1. The molecule has 142 valence electrons. The van der Waals surface area contributed by atoms with Gasteiger partial charge in [-0.2, -0.15) is 0 Å². The van der Waals surface area contributed by atoms with E-state index >= 15 is 0 Å². The molecule has 0 amide bonds. The van der Waals surface area contributed by atoms with Crippen LogP contribution in [-0.2, 0) is 6.42 Å². The smallest absolute Gasteiger partial charge is 0.251 e. The maximum Gasteiger partial charge on any atom is 0.251 e. The molecule has 27 heavy (non-hydrogen) atoms. The van der Waals surface area contributed by atoms with E-state index < -0.39 is 4.92 Å². The predicted molar refractivity (Wildman–Crippen MR) is 97.3 cm³/mol. The highest BCUT2D eigenvalue weighted by atomic mass is 16.7. The topological polar surface area (TPSA) is 89.3 Å². The Morgan fingerprint density at radius 2 is 1.74 bits per heavy atom. The molecule has 0 saturated carbocycles. The maximum atomic E-state index is 11.6. The molecule has 8 heteroatoms. The van der Waals surface area contributed by atoms with E-state index in [0.29, 0.717) is 39.9 Å². The quantitative estimate of drug-likeness (QED) is 0.543. The number of methoxy groups -OCH3 is 3. The highest BCUT2D eigenvalue weighted by molar-refractivity contribution is 5.59. The van der Waals surface area contributed by atoms with Crippen molar-refractivity contribution in [3.8, 4) is 28.7 Å². The van der Waals surface area contributed by atoms with Crippen molar-refractivity contribution < 1.29 is 28.6 Å². The van der Waals surface area contributed by atoms with Crippen molar-refractivity contribution in [2.75, 3.05) is 28.1 Å². The lowest BCUT2D eigenvalue weighted by molar-refractivity contribution is -0.425. The van der Waals surface area contributed by atoms with Crippen LogP contribution in [0.25, 0.3) is 6.08 Å². The Bertz CT molecular complexity index is 867. The Balaban J connectivity index is 1.94. The first-order valence-corrected chi connectivity index (χ1v) is 8.09. The molecular formula is C19H19NO7. The summed E-state index contributed by atoms with van der Waals surface area (Å²) in [6.07, 6.45) is 1.59. The van der Waals surface area contributed by atoms with Gasteiger partial charge in [0.1, 0.15) is 0 Å². The van der Waals surface area contributed by atoms with Crippen LogP contribution in [0.3, 0.4) is 0 Å². The van der Waals surface area contributed by atoms with Crippen LogP contribution in [0.2, 0.25) is 0 Å². The molecule has 0 saturated heterocycles. The zero-order valence-corrected chi connectivity index (χ0v) is 15.2. The van der Waals surface area contributed by atoms with Gasteiger partial charge in [0.2, 0.25) is 12.5 Å². The summed E-state index contributed by atoms with van der Waals surface area (Å²) in [5.74, 6) is 2.51. The van der Waals surface area contributed by atoms with Crippen LogP contribution in [0.15, 0.2) is 36.0 Å². The largest absolute Gasteiger partial charge is 0.493 e. The molecule has 0 fully saturated rings. The predicted octanol–water partition coefficient (Wildman–Crippen LogP) is 3.30. The van der Waals surface area contributed by atoms with Crippen molar-refractivity contribution in [2.24, 2.45) is 0 Å². The summed E-state index contributed by atoms with van der Waals surface area (Å²) in [5.41, 5.74) is 1.33. The molecule has 2 aromatic carbocycles. The first kappa shape index (κ1) is 18.4. The first-order valence-electron chi connectivity index (χ1n) is 8.09. The summed E-state index contributed by atoms with van der Waals surface area (Å²) >= 11 is 0. The number of nitrogens with zero attached hydrogens (tertiary/aromatic N) is 1. The summed E-state index contributed by atoms with van der Waals surface area (Å²) < 4.78 is 26.5. The molecule has 2 aromatic rings. The van der Waals surface area contributed by atoms with Crippen molar-refractivity contribution in [1.82, 2.24) is 0 Å². The molecule has 1 aliphatic rings. The first-order chi connectivity index (χ1) is 13.0. The summed E-state index contributed by atoms with van der Waals surface area (Å²) in [5, 5.41) is 11.6. The zero-order valence-electron chi connectivity index (χ0n) is 15.2.